The molecular weight excluding hydrogens is 351 g/mol. The lowest BCUT2D eigenvalue weighted by Gasteiger charge is -2.44. The predicted molar refractivity (Wildman–Crippen MR) is 99.9 cm³/mol. The van der Waals surface area contributed by atoms with Gasteiger partial charge in [0.05, 0.1) is 5.75 Å². The third-order valence-electron chi connectivity index (χ3n) is 5.52. The Kier molecular flexibility index (Phi) is 4.82. The number of aryl methyl sites for hydroxylation is 1. The average Bonchev–Trinajstić information content (AvgIpc) is 2.67. The Morgan fingerprint density at radius 2 is 1.77 bits per heavy atom. The summed E-state index contributed by atoms with van der Waals surface area (Å²) in [5.41, 5.74) is 3.02. The van der Waals surface area contributed by atoms with Gasteiger partial charge in [0, 0.05) is 32.2 Å². The van der Waals surface area contributed by atoms with Crippen LogP contribution in [-0.4, -0.2) is 49.6 Å². The van der Waals surface area contributed by atoms with Gasteiger partial charge in [-0.1, -0.05) is 42.5 Å². The van der Waals surface area contributed by atoms with Gasteiger partial charge in [0.25, 0.3) is 0 Å². The highest BCUT2D eigenvalue weighted by molar-refractivity contribution is 7.89. The van der Waals surface area contributed by atoms with Gasteiger partial charge in [-0.3, -0.25) is 4.90 Å². The molecule has 4 rings (SSSR count). The Labute approximate surface area is 154 Å². The van der Waals surface area contributed by atoms with Gasteiger partial charge >= 0.3 is 0 Å². The summed E-state index contributed by atoms with van der Waals surface area (Å²) in [7, 11) is -3.41. The Morgan fingerprint density at radius 1 is 1.00 bits per heavy atom. The number of rotatable bonds is 4. The van der Waals surface area contributed by atoms with E-state index >= 15 is 0 Å². The highest BCUT2D eigenvalue weighted by Crippen LogP contribution is 2.33. The maximum absolute atomic E-state index is 13.8. The molecule has 138 valence electrons. The molecule has 0 N–H and O–H groups in total. The van der Waals surface area contributed by atoms with E-state index in [0.717, 1.165) is 19.5 Å². The fraction of sp³-hybridized carbons (Fsp3) is 0.400. The van der Waals surface area contributed by atoms with Crippen LogP contribution in [0.4, 0.5) is 4.39 Å². The van der Waals surface area contributed by atoms with E-state index in [9.17, 15) is 12.8 Å². The van der Waals surface area contributed by atoms with Gasteiger partial charge in [0.1, 0.15) is 5.82 Å². The zero-order valence-corrected chi connectivity index (χ0v) is 15.5. The first-order valence-electron chi connectivity index (χ1n) is 9.08. The molecule has 1 atom stereocenters. The molecule has 1 unspecified atom stereocenters. The van der Waals surface area contributed by atoms with E-state index in [-0.39, 0.29) is 24.0 Å². The summed E-state index contributed by atoms with van der Waals surface area (Å²) in [5.74, 6) is -0.392. The van der Waals surface area contributed by atoms with Crippen molar-refractivity contribution >= 4 is 10.0 Å². The van der Waals surface area contributed by atoms with Gasteiger partial charge in [-0.15, -0.1) is 0 Å². The van der Waals surface area contributed by atoms with Crippen LogP contribution in [0.15, 0.2) is 48.5 Å². The number of sulfonamides is 1. The van der Waals surface area contributed by atoms with E-state index < -0.39 is 10.0 Å². The van der Waals surface area contributed by atoms with Crippen molar-refractivity contribution in [2.75, 3.05) is 31.9 Å². The molecule has 4 nitrogen and oxygen atoms in total. The van der Waals surface area contributed by atoms with E-state index in [1.807, 2.05) is 12.1 Å². The van der Waals surface area contributed by atoms with Crippen molar-refractivity contribution in [3.05, 3.63) is 71.0 Å². The number of hydrogen-bond donors (Lipinski definition) is 0. The van der Waals surface area contributed by atoms with E-state index in [0.29, 0.717) is 18.7 Å². The van der Waals surface area contributed by atoms with Crippen LogP contribution in [0, 0.1) is 5.82 Å². The topological polar surface area (TPSA) is 40.6 Å². The van der Waals surface area contributed by atoms with Crippen LogP contribution in [0.3, 0.4) is 0 Å². The normalized spacial score (nSPS) is 21.2. The minimum Gasteiger partial charge on any atom is -0.293 e. The monoisotopic (exact) mass is 374 g/mol. The minimum atomic E-state index is -3.41. The van der Waals surface area contributed by atoms with Gasteiger partial charge in [-0.2, -0.15) is 4.31 Å². The second-order valence-electron chi connectivity index (χ2n) is 7.02. The van der Waals surface area contributed by atoms with Crippen LogP contribution in [0.25, 0.3) is 0 Å². The summed E-state index contributed by atoms with van der Waals surface area (Å²) >= 11 is 0. The molecule has 2 aromatic rings. The quantitative estimate of drug-likeness (QED) is 0.826. The zero-order valence-electron chi connectivity index (χ0n) is 14.6. The molecule has 0 radical (unpaired) electrons. The van der Waals surface area contributed by atoms with E-state index in [2.05, 4.69) is 17.0 Å². The molecule has 6 heteroatoms. The Bertz CT molecular complexity index is 900. The Hall–Kier alpha value is -1.76. The maximum atomic E-state index is 13.8. The van der Waals surface area contributed by atoms with Gasteiger partial charge in [-0.05, 0) is 35.6 Å². The molecule has 0 aromatic heterocycles. The SMILES string of the molecule is O=S(=O)(CCc1ccccc1F)N1CCN2CCc3ccccc3C2C1. The van der Waals surface area contributed by atoms with Crippen LogP contribution < -0.4 is 0 Å². The third-order valence-corrected chi connectivity index (χ3v) is 7.36. The predicted octanol–water partition coefficient (Wildman–Crippen LogP) is 2.61. The number of fused-ring (bicyclic) bond motifs is 3. The van der Waals surface area contributed by atoms with E-state index in [1.54, 1.807) is 22.5 Å². The molecule has 1 fully saturated rings. The number of benzene rings is 2. The van der Waals surface area contributed by atoms with Crippen molar-refractivity contribution in [1.29, 1.82) is 0 Å². The lowest BCUT2D eigenvalue weighted by molar-refractivity contribution is 0.109. The van der Waals surface area contributed by atoms with E-state index in [4.69, 9.17) is 0 Å². The standard InChI is InChI=1S/C20H23FN2O2S/c21-19-8-4-2-6-17(19)10-14-26(24,25)23-13-12-22-11-9-16-5-1-3-7-18(16)20(22)15-23/h1-8,20H,9-15H2. The van der Waals surface area contributed by atoms with Crippen LogP contribution in [-0.2, 0) is 22.9 Å². The highest BCUT2D eigenvalue weighted by atomic mass is 32.2. The average molecular weight is 374 g/mol. The van der Waals surface area contributed by atoms with Crippen LogP contribution >= 0.6 is 0 Å². The molecular formula is C20H23FN2O2S. The smallest absolute Gasteiger partial charge is 0.214 e. The van der Waals surface area contributed by atoms with Crippen molar-refractivity contribution in [3.63, 3.8) is 0 Å². The Balaban J connectivity index is 1.49. The molecule has 0 spiro atoms. The summed E-state index contributed by atoms with van der Waals surface area (Å²) < 4.78 is 41.1. The second kappa shape index (κ2) is 7.10. The molecule has 1 saturated heterocycles. The maximum Gasteiger partial charge on any atom is 0.214 e. The van der Waals surface area contributed by atoms with Crippen LogP contribution in [0.5, 0.6) is 0 Å². The summed E-state index contributed by atoms with van der Waals surface area (Å²) in [5, 5.41) is 0. The number of halogens is 1. The van der Waals surface area contributed by atoms with Crippen molar-refractivity contribution in [2.24, 2.45) is 0 Å². The zero-order chi connectivity index (χ0) is 18.1. The number of piperazine rings is 1. The summed E-state index contributed by atoms with van der Waals surface area (Å²) in [6.45, 7) is 2.72. The summed E-state index contributed by atoms with van der Waals surface area (Å²) in [6.07, 6.45) is 1.23. The molecule has 0 saturated carbocycles. The first-order chi connectivity index (χ1) is 12.5. The first kappa shape index (κ1) is 17.6. The molecule has 0 bridgehead atoms. The van der Waals surface area contributed by atoms with Gasteiger partial charge in [0.2, 0.25) is 10.0 Å². The second-order valence-corrected chi connectivity index (χ2v) is 9.10. The van der Waals surface area contributed by atoms with Crippen molar-refractivity contribution in [2.45, 2.75) is 18.9 Å². The first-order valence-corrected chi connectivity index (χ1v) is 10.7. The molecule has 0 amide bonds. The molecule has 26 heavy (non-hydrogen) atoms. The number of hydrogen-bond acceptors (Lipinski definition) is 3. The summed E-state index contributed by atoms with van der Waals surface area (Å²) in [6, 6.07) is 14.8. The van der Waals surface area contributed by atoms with Crippen LogP contribution in [0.2, 0.25) is 0 Å². The lowest BCUT2D eigenvalue weighted by Crippen LogP contribution is -2.52. The molecule has 2 aliphatic rings. The molecule has 0 aliphatic carbocycles. The number of nitrogens with zero attached hydrogens (tertiary/aromatic N) is 2. The fourth-order valence-electron chi connectivity index (χ4n) is 4.03. The van der Waals surface area contributed by atoms with Crippen molar-refractivity contribution in [1.82, 2.24) is 9.21 Å². The summed E-state index contributed by atoms with van der Waals surface area (Å²) in [4.78, 5) is 2.38. The van der Waals surface area contributed by atoms with Gasteiger partial charge in [-0.25, -0.2) is 12.8 Å². The van der Waals surface area contributed by atoms with Crippen molar-refractivity contribution < 1.29 is 12.8 Å². The third kappa shape index (κ3) is 3.41. The molecule has 2 aliphatic heterocycles. The largest absolute Gasteiger partial charge is 0.293 e. The fourth-order valence-corrected chi connectivity index (χ4v) is 5.50. The van der Waals surface area contributed by atoms with E-state index in [1.165, 1.54) is 17.2 Å². The highest BCUT2D eigenvalue weighted by Gasteiger charge is 2.36. The van der Waals surface area contributed by atoms with Crippen molar-refractivity contribution in [3.8, 4) is 0 Å². The Morgan fingerprint density at radius 3 is 2.62 bits per heavy atom. The molecule has 2 heterocycles. The van der Waals surface area contributed by atoms with Crippen LogP contribution in [0.1, 0.15) is 22.7 Å². The molecule has 2 aromatic carbocycles. The van der Waals surface area contributed by atoms with Gasteiger partial charge in [0.15, 0.2) is 0 Å². The minimum absolute atomic E-state index is 0.0533. The van der Waals surface area contributed by atoms with Gasteiger partial charge < -0.3 is 0 Å². The lowest BCUT2D eigenvalue weighted by atomic mass is 9.91.